The molecule has 0 atom stereocenters. The van der Waals surface area contributed by atoms with Gasteiger partial charge in [-0.25, -0.2) is 4.98 Å². The summed E-state index contributed by atoms with van der Waals surface area (Å²) >= 11 is 5.98. The number of benzene rings is 1. The Morgan fingerprint density at radius 3 is 2.55 bits per heavy atom. The third-order valence-electron chi connectivity index (χ3n) is 3.13. The zero-order valence-electron chi connectivity index (χ0n) is 12.1. The summed E-state index contributed by atoms with van der Waals surface area (Å²) in [6, 6.07) is 12.3. The largest absolute Gasteiger partial charge is 0.343 e. The maximum Gasteiger partial charge on any atom is 0.131 e. The second-order valence-corrected chi connectivity index (χ2v) is 4.84. The molecule has 0 aliphatic carbocycles. The van der Waals surface area contributed by atoms with Crippen LogP contribution in [0.2, 0.25) is 5.15 Å². The quantitative estimate of drug-likeness (QED) is 0.601. The summed E-state index contributed by atoms with van der Waals surface area (Å²) in [4.78, 5) is 4.14. The van der Waals surface area contributed by atoms with Gasteiger partial charge in [0.15, 0.2) is 0 Å². The highest BCUT2D eigenvalue weighted by Gasteiger charge is 2.07. The van der Waals surface area contributed by atoms with Gasteiger partial charge in [0.25, 0.3) is 0 Å². The first kappa shape index (κ1) is 14.6. The van der Waals surface area contributed by atoms with Gasteiger partial charge in [0.05, 0.1) is 5.52 Å². The second-order valence-electron chi connectivity index (χ2n) is 4.45. The van der Waals surface area contributed by atoms with E-state index in [4.69, 9.17) is 11.6 Å². The summed E-state index contributed by atoms with van der Waals surface area (Å²) in [6.07, 6.45) is 3.99. The van der Waals surface area contributed by atoms with Crippen molar-refractivity contribution in [2.75, 3.05) is 0 Å². The fourth-order valence-corrected chi connectivity index (χ4v) is 2.40. The molecule has 0 spiro atoms. The second kappa shape index (κ2) is 6.58. The summed E-state index contributed by atoms with van der Waals surface area (Å²) in [5.74, 6) is 0. The van der Waals surface area contributed by atoms with Crippen molar-refractivity contribution >= 4 is 22.5 Å². The lowest BCUT2D eigenvalue weighted by atomic mass is 10.2. The van der Waals surface area contributed by atoms with Gasteiger partial charge in [0.2, 0.25) is 0 Å². The van der Waals surface area contributed by atoms with Crippen LogP contribution < -0.4 is 0 Å². The summed E-state index contributed by atoms with van der Waals surface area (Å²) in [6.45, 7) is 6.95. The fourth-order valence-electron chi connectivity index (χ4n) is 2.25. The molecule has 0 aliphatic rings. The van der Waals surface area contributed by atoms with Crippen molar-refractivity contribution in [2.24, 2.45) is 0 Å². The van der Waals surface area contributed by atoms with Gasteiger partial charge in [-0.2, -0.15) is 0 Å². The molecule has 3 aromatic rings. The van der Waals surface area contributed by atoms with Gasteiger partial charge in [-0.15, -0.1) is 0 Å². The van der Waals surface area contributed by atoms with Crippen LogP contribution in [-0.4, -0.2) is 9.55 Å². The Balaban J connectivity index is 0.000000704. The van der Waals surface area contributed by atoms with Crippen LogP contribution in [0, 0.1) is 6.92 Å². The molecule has 0 saturated heterocycles. The van der Waals surface area contributed by atoms with E-state index in [0.29, 0.717) is 5.15 Å². The number of aromatic nitrogens is 2. The van der Waals surface area contributed by atoms with Crippen LogP contribution in [0.1, 0.15) is 25.0 Å². The molecule has 2 nitrogen and oxygen atoms in total. The predicted molar refractivity (Wildman–Crippen MR) is 86.4 cm³/mol. The number of hydrogen-bond acceptors (Lipinski definition) is 1. The first-order valence-corrected chi connectivity index (χ1v) is 7.27. The summed E-state index contributed by atoms with van der Waals surface area (Å²) < 4.78 is 2.22. The van der Waals surface area contributed by atoms with Crippen LogP contribution in [-0.2, 0) is 6.54 Å². The summed E-state index contributed by atoms with van der Waals surface area (Å²) in [5.41, 5.74) is 3.64. The van der Waals surface area contributed by atoms with Crippen LogP contribution in [0.25, 0.3) is 10.9 Å². The minimum absolute atomic E-state index is 0.537. The molecule has 0 unspecified atom stereocenters. The minimum Gasteiger partial charge on any atom is -0.343 e. The number of pyridine rings is 1. The highest BCUT2D eigenvalue weighted by molar-refractivity contribution is 6.30. The number of nitrogens with zero attached hydrogens (tertiary/aromatic N) is 2. The maximum absolute atomic E-state index is 5.98. The van der Waals surface area contributed by atoms with Crippen LogP contribution in [0.15, 0.2) is 48.8 Å². The van der Waals surface area contributed by atoms with Crippen molar-refractivity contribution in [3.05, 3.63) is 65.1 Å². The number of rotatable bonds is 2. The van der Waals surface area contributed by atoms with E-state index in [1.54, 1.807) is 0 Å². The molecule has 0 radical (unpaired) electrons. The van der Waals surface area contributed by atoms with Crippen LogP contribution in [0.4, 0.5) is 0 Å². The van der Waals surface area contributed by atoms with Gasteiger partial charge in [0.1, 0.15) is 5.15 Å². The van der Waals surface area contributed by atoms with E-state index in [0.717, 1.165) is 17.4 Å². The van der Waals surface area contributed by atoms with E-state index in [9.17, 15) is 0 Å². The van der Waals surface area contributed by atoms with E-state index in [2.05, 4.69) is 46.9 Å². The van der Waals surface area contributed by atoms with E-state index in [1.165, 1.54) is 11.1 Å². The Kier molecular flexibility index (Phi) is 4.80. The fraction of sp³-hybridized carbons (Fsp3) is 0.235. The predicted octanol–water partition coefficient (Wildman–Crippen LogP) is 5.07. The number of fused-ring (bicyclic) bond motifs is 1. The average Bonchev–Trinajstić information content (AvgIpc) is 2.78. The molecular weight excluding hydrogens is 268 g/mol. The van der Waals surface area contributed by atoms with Gasteiger partial charge in [-0.05, 0) is 24.1 Å². The molecule has 1 aromatic carbocycles. The van der Waals surface area contributed by atoms with Crippen molar-refractivity contribution < 1.29 is 0 Å². The molecule has 0 saturated carbocycles. The standard InChI is InChI=1S/C15H13ClN2.C2H6/c1-11-9-18(10-12-5-3-2-4-6-12)14-7-15(16)17-8-13(11)14;1-2/h2-9H,10H2,1H3;1-2H3. The van der Waals surface area contributed by atoms with Gasteiger partial charge in [0, 0.05) is 24.3 Å². The molecule has 0 aliphatic heterocycles. The van der Waals surface area contributed by atoms with Gasteiger partial charge >= 0.3 is 0 Å². The topological polar surface area (TPSA) is 17.8 Å². The highest BCUT2D eigenvalue weighted by Crippen LogP contribution is 2.23. The van der Waals surface area contributed by atoms with Gasteiger partial charge in [-0.1, -0.05) is 55.8 Å². The normalized spacial score (nSPS) is 10.2. The van der Waals surface area contributed by atoms with Crippen LogP contribution >= 0.6 is 11.6 Å². The highest BCUT2D eigenvalue weighted by atomic mass is 35.5. The molecular formula is C17H19ClN2. The van der Waals surface area contributed by atoms with Crippen molar-refractivity contribution in [3.63, 3.8) is 0 Å². The van der Waals surface area contributed by atoms with Crippen molar-refractivity contribution in [1.82, 2.24) is 9.55 Å². The smallest absolute Gasteiger partial charge is 0.131 e. The Hall–Kier alpha value is -1.80. The molecule has 3 rings (SSSR count). The van der Waals surface area contributed by atoms with Crippen molar-refractivity contribution in [2.45, 2.75) is 27.3 Å². The lowest BCUT2D eigenvalue weighted by Gasteiger charge is -2.05. The molecule has 20 heavy (non-hydrogen) atoms. The number of hydrogen-bond donors (Lipinski definition) is 0. The molecule has 3 heteroatoms. The van der Waals surface area contributed by atoms with Gasteiger partial charge in [-0.3, -0.25) is 0 Å². The van der Waals surface area contributed by atoms with E-state index >= 15 is 0 Å². The maximum atomic E-state index is 5.98. The molecule has 0 N–H and O–H groups in total. The Bertz CT molecular complexity index is 687. The van der Waals surface area contributed by atoms with Crippen LogP contribution in [0.5, 0.6) is 0 Å². The molecule has 2 aromatic heterocycles. The van der Waals surface area contributed by atoms with E-state index in [1.807, 2.05) is 32.2 Å². The lowest BCUT2D eigenvalue weighted by molar-refractivity contribution is 0.834. The zero-order chi connectivity index (χ0) is 14.5. The number of halogens is 1. The number of aryl methyl sites for hydroxylation is 1. The SMILES string of the molecule is CC.Cc1cn(Cc2ccccc2)c2cc(Cl)ncc12. The Labute approximate surface area is 125 Å². The first-order valence-electron chi connectivity index (χ1n) is 6.89. The van der Waals surface area contributed by atoms with Crippen LogP contribution in [0.3, 0.4) is 0 Å². The minimum atomic E-state index is 0.537. The summed E-state index contributed by atoms with van der Waals surface area (Å²) in [7, 11) is 0. The van der Waals surface area contributed by atoms with Crippen molar-refractivity contribution in [3.8, 4) is 0 Å². The monoisotopic (exact) mass is 286 g/mol. The van der Waals surface area contributed by atoms with E-state index < -0.39 is 0 Å². The summed E-state index contributed by atoms with van der Waals surface area (Å²) in [5, 5.41) is 1.70. The third kappa shape index (κ3) is 3.02. The zero-order valence-corrected chi connectivity index (χ0v) is 12.9. The van der Waals surface area contributed by atoms with Crippen molar-refractivity contribution in [1.29, 1.82) is 0 Å². The third-order valence-corrected chi connectivity index (χ3v) is 3.33. The Morgan fingerprint density at radius 1 is 1.15 bits per heavy atom. The molecule has 0 amide bonds. The molecule has 2 heterocycles. The first-order chi connectivity index (χ1) is 9.74. The van der Waals surface area contributed by atoms with Gasteiger partial charge < -0.3 is 4.57 Å². The average molecular weight is 287 g/mol. The molecule has 0 bridgehead atoms. The molecule has 104 valence electrons. The lowest BCUT2D eigenvalue weighted by Crippen LogP contribution is -1.97. The van der Waals surface area contributed by atoms with E-state index in [-0.39, 0.29) is 0 Å². The molecule has 0 fully saturated rings. The Morgan fingerprint density at radius 2 is 1.85 bits per heavy atom.